The van der Waals surface area contributed by atoms with Crippen LogP contribution in [0.3, 0.4) is 0 Å². The molecule has 4 N–H and O–H groups in total. The van der Waals surface area contributed by atoms with Gasteiger partial charge in [0.15, 0.2) is 0 Å². The predicted molar refractivity (Wildman–Crippen MR) is 56.0 cm³/mol. The summed E-state index contributed by atoms with van der Waals surface area (Å²) in [6, 6.07) is 5.79. The summed E-state index contributed by atoms with van der Waals surface area (Å²) < 4.78 is 4.43. The Bertz CT molecular complexity index is 375. The Morgan fingerprint density at radius 2 is 1.94 bits per heavy atom. The van der Waals surface area contributed by atoms with Crippen molar-refractivity contribution in [3.05, 3.63) is 29.8 Å². The van der Waals surface area contributed by atoms with Crippen molar-refractivity contribution in [2.75, 3.05) is 13.2 Å². The SMILES string of the molecule is NC(=O)OCCNC(=O)c1ccc(O)cc1. The van der Waals surface area contributed by atoms with E-state index in [4.69, 9.17) is 10.8 Å². The highest BCUT2D eigenvalue weighted by atomic mass is 16.5. The van der Waals surface area contributed by atoms with Crippen LogP contribution in [-0.4, -0.2) is 30.3 Å². The van der Waals surface area contributed by atoms with Crippen molar-refractivity contribution in [1.82, 2.24) is 5.32 Å². The van der Waals surface area contributed by atoms with Crippen molar-refractivity contribution < 1.29 is 19.4 Å². The minimum Gasteiger partial charge on any atom is -0.508 e. The van der Waals surface area contributed by atoms with E-state index in [-0.39, 0.29) is 24.8 Å². The largest absolute Gasteiger partial charge is 0.508 e. The summed E-state index contributed by atoms with van der Waals surface area (Å²) in [4.78, 5) is 21.6. The third-order valence-electron chi connectivity index (χ3n) is 1.76. The number of phenolic OH excluding ortho intramolecular Hbond substituents is 1. The second-order valence-corrected chi connectivity index (χ2v) is 2.97. The first-order valence-electron chi connectivity index (χ1n) is 4.59. The lowest BCUT2D eigenvalue weighted by Crippen LogP contribution is -2.28. The molecule has 0 spiro atoms. The Morgan fingerprint density at radius 3 is 2.50 bits per heavy atom. The molecule has 0 atom stereocenters. The summed E-state index contributed by atoms with van der Waals surface area (Å²) in [5, 5.41) is 11.5. The molecule has 0 bridgehead atoms. The van der Waals surface area contributed by atoms with Crippen molar-refractivity contribution in [2.45, 2.75) is 0 Å². The number of primary amides is 1. The molecule has 0 radical (unpaired) electrons. The third-order valence-corrected chi connectivity index (χ3v) is 1.76. The molecule has 0 aliphatic heterocycles. The Kier molecular flexibility index (Phi) is 4.14. The van der Waals surface area contributed by atoms with Crippen LogP contribution < -0.4 is 11.1 Å². The lowest BCUT2D eigenvalue weighted by molar-refractivity contribution is 0.0937. The van der Waals surface area contributed by atoms with E-state index in [0.29, 0.717) is 5.56 Å². The minimum absolute atomic E-state index is 0.0269. The van der Waals surface area contributed by atoms with Crippen LogP contribution in [0.5, 0.6) is 5.75 Å². The van der Waals surface area contributed by atoms with Crippen LogP contribution in [0.4, 0.5) is 4.79 Å². The molecule has 16 heavy (non-hydrogen) atoms. The predicted octanol–water partition coefficient (Wildman–Crippen LogP) is 0.217. The normalized spacial score (nSPS) is 9.50. The van der Waals surface area contributed by atoms with Gasteiger partial charge in [-0.25, -0.2) is 4.79 Å². The minimum atomic E-state index is -0.876. The van der Waals surface area contributed by atoms with Crippen LogP contribution in [-0.2, 0) is 4.74 Å². The molecule has 0 saturated heterocycles. The number of carbonyl (C=O) groups excluding carboxylic acids is 2. The molecule has 0 unspecified atom stereocenters. The summed E-state index contributed by atoms with van der Waals surface area (Å²) in [6.45, 7) is 0.210. The van der Waals surface area contributed by atoms with E-state index in [0.717, 1.165) is 0 Å². The molecule has 2 amide bonds. The number of hydrogen-bond acceptors (Lipinski definition) is 4. The number of aromatic hydroxyl groups is 1. The summed E-state index contributed by atoms with van der Waals surface area (Å²) in [5.74, 6) is -0.221. The van der Waals surface area contributed by atoms with Gasteiger partial charge < -0.3 is 20.9 Å². The zero-order valence-corrected chi connectivity index (χ0v) is 8.47. The number of amides is 2. The molecule has 0 aromatic heterocycles. The maximum Gasteiger partial charge on any atom is 0.404 e. The first-order chi connectivity index (χ1) is 7.59. The molecule has 1 rings (SSSR count). The average Bonchev–Trinajstić information content (AvgIpc) is 2.25. The first-order valence-corrected chi connectivity index (χ1v) is 4.59. The molecular weight excluding hydrogens is 212 g/mol. The van der Waals surface area contributed by atoms with Gasteiger partial charge in [-0.15, -0.1) is 0 Å². The van der Waals surface area contributed by atoms with Gasteiger partial charge >= 0.3 is 6.09 Å². The number of benzene rings is 1. The molecule has 0 aliphatic carbocycles. The van der Waals surface area contributed by atoms with Gasteiger partial charge in [0.05, 0.1) is 6.54 Å². The zero-order chi connectivity index (χ0) is 12.0. The standard InChI is InChI=1S/C10H12N2O4/c11-10(15)16-6-5-12-9(14)7-1-3-8(13)4-2-7/h1-4,13H,5-6H2,(H2,11,15)(H,12,14). The van der Waals surface area contributed by atoms with E-state index in [9.17, 15) is 9.59 Å². The lowest BCUT2D eigenvalue weighted by atomic mass is 10.2. The Balaban J connectivity index is 2.35. The van der Waals surface area contributed by atoms with Crippen LogP contribution >= 0.6 is 0 Å². The van der Waals surface area contributed by atoms with Crippen molar-refractivity contribution >= 4 is 12.0 Å². The van der Waals surface area contributed by atoms with Gasteiger partial charge in [0, 0.05) is 5.56 Å². The van der Waals surface area contributed by atoms with Gasteiger partial charge in [0.2, 0.25) is 0 Å². The van der Waals surface area contributed by atoms with Crippen LogP contribution in [0.15, 0.2) is 24.3 Å². The quantitative estimate of drug-likeness (QED) is 0.636. The number of nitrogens with one attached hydrogen (secondary N) is 1. The van der Waals surface area contributed by atoms with E-state index >= 15 is 0 Å². The van der Waals surface area contributed by atoms with E-state index < -0.39 is 6.09 Å². The summed E-state index contributed by atoms with van der Waals surface area (Å²) >= 11 is 0. The second kappa shape index (κ2) is 5.59. The first kappa shape index (κ1) is 11.8. The summed E-state index contributed by atoms with van der Waals surface area (Å²) in [6.07, 6.45) is -0.876. The Morgan fingerprint density at radius 1 is 1.31 bits per heavy atom. The summed E-state index contributed by atoms with van der Waals surface area (Å²) in [5.41, 5.74) is 5.15. The van der Waals surface area contributed by atoms with E-state index in [1.165, 1.54) is 24.3 Å². The molecule has 1 aromatic carbocycles. The molecule has 86 valence electrons. The summed E-state index contributed by atoms with van der Waals surface area (Å²) in [7, 11) is 0. The monoisotopic (exact) mass is 224 g/mol. The third kappa shape index (κ3) is 3.87. The number of carbonyl (C=O) groups is 2. The Hall–Kier alpha value is -2.24. The molecule has 0 saturated carbocycles. The maximum absolute atomic E-state index is 11.4. The zero-order valence-electron chi connectivity index (χ0n) is 8.47. The average molecular weight is 224 g/mol. The fourth-order valence-corrected chi connectivity index (χ4v) is 1.03. The van der Waals surface area contributed by atoms with Crippen molar-refractivity contribution in [3.8, 4) is 5.75 Å². The van der Waals surface area contributed by atoms with Crippen LogP contribution in [0.2, 0.25) is 0 Å². The molecule has 0 heterocycles. The smallest absolute Gasteiger partial charge is 0.404 e. The van der Waals surface area contributed by atoms with E-state index in [1.807, 2.05) is 0 Å². The van der Waals surface area contributed by atoms with Gasteiger partial charge in [0.25, 0.3) is 5.91 Å². The van der Waals surface area contributed by atoms with Gasteiger partial charge in [-0.3, -0.25) is 4.79 Å². The fraction of sp³-hybridized carbons (Fsp3) is 0.200. The van der Waals surface area contributed by atoms with E-state index in [2.05, 4.69) is 10.1 Å². The molecule has 0 fully saturated rings. The van der Waals surface area contributed by atoms with E-state index in [1.54, 1.807) is 0 Å². The van der Waals surface area contributed by atoms with Gasteiger partial charge in [-0.2, -0.15) is 0 Å². The lowest BCUT2D eigenvalue weighted by Gasteiger charge is -2.05. The number of rotatable bonds is 4. The number of nitrogens with two attached hydrogens (primary N) is 1. The number of hydrogen-bond donors (Lipinski definition) is 3. The van der Waals surface area contributed by atoms with Gasteiger partial charge in [0.1, 0.15) is 12.4 Å². The number of phenols is 1. The topological polar surface area (TPSA) is 102 Å². The van der Waals surface area contributed by atoms with Crippen LogP contribution in [0, 0.1) is 0 Å². The van der Waals surface area contributed by atoms with Crippen molar-refractivity contribution in [2.24, 2.45) is 5.73 Å². The van der Waals surface area contributed by atoms with Crippen molar-refractivity contribution in [1.29, 1.82) is 0 Å². The highest BCUT2D eigenvalue weighted by Crippen LogP contribution is 2.09. The number of ether oxygens (including phenoxy) is 1. The van der Waals surface area contributed by atoms with Crippen LogP contribution in [0.25, 0.3) is 0 Å². The molecular formula is C10H12N2O4. The van der Waals surface area contributed by atoms with Gasteiger partial charge in [-0.05, 0) is 24.3 Å². The highest BCUT2D eigenvalue weighted by Gasteiger charge is 2.04. The highest BCUT2D eigenvalue weighted by molar-refractivity contribution is 5.94. The second-order valence-electron chi connectivity index (χ2n) is 2.97. The Labute approximate surface area is 92.0 Å². The van der Waals surface area contributed by atoms with Crippen molar-refractivity contribution in [3.63, 3.8) is 0 Å². The van der Waals surface area contributed by atoms with Crippen LogP contribution in [0.1, 0.15) is 10.4 Å². The molecule has 1 aromatic rings. The molecule has 6 heteroatoms. The maximum atomic E-state index is 11.4. The molecule has 6 nitrogen and oxygen atoms in total. The van der Waals surface area contributed by atoms with Gasteiger partial charge in [-0.1, -0.05) is 0 Å². The fourth-order valence-electron chi connectivity index (χ4n) is 1.03. The molecule has 0 aliphatic rings.